The predicted octanol–water partition coefficient (Wildman–Crippen LogP) is 1.02. The second kappa shape index (κ2) is 3.42. The third-order valence-electron chi connectivity index (χ3n) is 3.41. The Hall–Kier alpha value is -1.22. The molecular weight excluding hydrogens is 188 g/mol. The number of methoxy groups -OCH3 is 1. The molecule has 3 rings (SSSR count). The summed E-state index contributed by atoms with van der Waals surface area (Å²) >= 11 is 0. The van der Waals surface area contributed by atoms with Crippen LogP contribution in [0.5, 0.6) is 0 Å². The summed E-state index contributed by atoms with van der Waals surface area (Å²) in [7, 11) is 1.75. The highest BCUT2D eigenvalue weighted by Crippen LogP contribution is 2.35. The molecule has 0 saturated carbocycles. The van der Waals surface area contributed by atoms with Crippen LogP contribution in [0.4, 0.5) is 0 Å². The molecule has 3 aliphatic rings. The van der Waals surface area contributed by atoms with Gasteiger partial charge in [-0.3, -0.25) is 0 Å². The summed E-state index contributed by atoms with van der Waals surface area (Å²) in [5.41, 5.74) is 4.45. The van der Waals surface area contributed by atoms with Crippen LogP contribution < -0.4 is 5.32 Å². The van der Waals surface area contributed by atoms with E-state index < -0.39 is 0 Å². The Morgan fingerprint density at radius 1 is 1.40 bits per heavy atom. The zero-order valence-electron chi connectivity index (χ0n) is 9.05. The van der Waals surface area contributed by atoms with Crippen molar-refractivity contribution in [1.82, 2.24) is 10.2 Å². The quantitative estimate of drug-likeness (QED) is 0.690. The van der Waals surface area contributed by atoms with Crippen molar-refractivity contribution < 1.29 is 4.74 Å². The Kier molecular flexibility index (Phi) is 2.06. The molecule has 2 aliphatic heterocycles. The predicted molar refractivity (Wildman–Crippen MR) is 59.3 cm³/mol. The molecule has 2 heterocycles. The van der Waals surface area contributed by atoms with Crippen molar-refractivity contribution in [3.05, 3.63) is 34.8 Å². The molecular formula is C12H16N2O. The van der Waals surface area contributed by atoms with Crippen LogP contribution in [0.15, 0.2) is 34.8 Å². The Bertz CT molecular complexity index is 379. The van der Waals surface area contributed by atoms with Crippen molar-refractivity contribution in [3.63, 3.8) is 0 Å². The Morgan fingerprint density at radius 2 is 2.33 bits per heavy atom. The van der Waals surface area contributed by atoms with E-state index >= 15 is 0 Å². The van der Waals surface area contributed by atoms with Gasteiger partial charge in [0.1, 0.15) is 0 Å². The molecule has 80 valence electrons. The molecule has 1 N–H and O–H groups in total. The van der Waals surface area contributed by atoms with E-state index in [9.17, 15) is 0 Å². The van der Waals surface area contributed by atoms with Crippen LogP contribution in [-0.2, 0) is 4.74 Å². The first kappa shape index (κ1) is 9.04. The normalized spacial score (nSPS) is 24.5. The lowest BCUT2D eigenvalue weighted by Gasteiger charge is -2.27. The number of hydrogen-bond donors (Lipinski definition) is 1. The first-order chi connectivity index (χ1) is 7.38. The maximum absolute atomic E-state index is 5.32. The monoisotopic (exact) mass is 204 g/mol. The van der Waals surface area contributed by atoms with Crippen molar-refractivity contribution in [1.29, 1.82) is 0 Å². The van der Waals surface area contributed by atoms with Gasteiger partial charge in [0.2, 0.25) is 0 Å². The standard InChI is InChI=1S/C12H16N2O/c1-15-10-3-2-9-8-14-5-4-13-7-12(14)11(9)6-10/h2-3,13H,4-8H2,1H3. The first-order valence-corrected chi connectivity index (χ1v) is 5.50. The Morgan fingerprint density at radius 3 is 3.20 bits per heavy atom. The van der Waals surface area contributed by atoms with Crippen molar-refractivity contribution >= 4 is 0 Å². The van der Waals surface area contributed by atoms with E-state index in [1.54, 1.807) is 7.11 Å². The van der Waals surface area contributed by atoms with Crippen LogP contribution in [-0.4, -0.2) is 38.2 Å². The number of fused-ring (bicyclic) bond motifs is 2. The van der Waals surface area contributed by atoms with E-state index in [4.69, 9.17) is 4.74 Å². The van der Waals surface area contributed by atoms with E-state index in [1.165, 1.54) is 16.8 Å². The van der Waals surface area contributed by atoms with Gasteiger partial charge in [0.15, 0.2) is 0 Å². The third-order valence-corrected chi connectivity index (χ3v) is 3.41. The molecule has 0 radical (unpaired) electrons. The zero-order chi connectivity index (χ0) is 10.3. The van der Waals surface area contributed by atoms with Crippen LogP contribution in [0.25, 0.3) is 0 Å². The van der Waals surface area contributed by atoms with Gasteiger partial charge in [-0.1, -0.05) is 6.08 Å². The topological polar surface area (TPSA) is 24.5 Å². The van der Waals surface area contributed by atoms with Gasteiger partial charge in [-0.2, -0.15) is 0 Å². The van der Waals surface area contributed by atoms with Gasteiger partial charge < -0.3 is 15.0 Å². The summed E-state index contributed by atoms with van der Waals surface area (Å²) in [5, 5.41) is 3.44. The molecule has 0 aromatic rings. The smallest absolute Gasteiger partial charge is 0.1000 e. The number of nitrogens with zero attached hydrogens (tertiary/aromatic N) is 1. The van der Waals surface area contributed by atoms with E-state index in [-0.39, 0.29) is 0 Å². The van der Waals surface area contributed by atoms with Gasteiger partial charge >= 0.3 is 0 Å². The van der Waals surface area contributed by atoms with Crippen LogP contribution >= 0.6 is 0 Å². The molecule has 0 unspecified atom stereocenters. The highest BCUT2D eigenvalue weighted by Gasteiger charge is 2.29. The van der Waals surface area contributed by atoms with Crippen molar-refractivity contribution in [2.45, 2.75) is 6.42 Å². The average Bonchev–Trinajstić information content (AvgIpc) is 2.66. The SMILES string of the molecule is COC1=CC=C2CN3CCNCC3=C2C1. The fourth-order valence-corrected chi connectivity index (χ4v) is 2.56. The molecule has 3 heteroatoms. The minimum atomic E-state index is 0.968. The molecule has 0 atom stereocenters. The molecule has 15 heavy (non-hydrogen) atoms. The number of rotatable bonds is 1. The molecule has 0 amide bonds. The van der Waals surface area contributed by atoms with Gasteiger partial charge in [-0.05, 0) is 17.2 Å². The van der Waals surface area contributed by atoms with Crippen LogP contribution in [0.2, 0.25) is 0 Å². The summed E-state index contributed by atoms with van der Waals surface area (Å²) in [4.78, 5) is 2.49. The summed E-state index contributed by atoms with van der Waals surface area (Å²) in [6.45, 7) is 4.36. The summed E-state index contributed by atoms with van der Waals surface area (Å²) < 4.78 is 5.32. The Balaban J connectivity index is 1.95. The van der Waals surface area contributed by atoms with Crippen LogP contribution in [0.3, 0.4) is 0 Å². The lowest BCUT2D eigenvalue weighted by Crippen LogP contribution is -2.39. The largest absolute Gasteiger partial charge is 0.501 e. The van der Waals surface area contributed by atoms with Gasteiger partial charge in [0.05, 0.1) is 12.9 Å². The molecule has 1 fully saturated rings. The average molecular weight is 204 g/mol. The van der Waals surface area contributed by atoms with Gasteiger partial charge in [-0.15, -0.1) is 0 Å². The molecule has 0 bridgehead atoms. The summed E-state index contributed by atoms with van der Waals surface area (Å²) in [6.07, 6.45) is 5.28. The maximum atomic E-state index is 5.32. The lowest BCUT2D eigenvalue weighted by molar-refractivity contribution is 0.282. The maximum Gasteiger partial charge on any atom is 0.1000 e. The molecule has 0 spiro atoms. The first-order valence-electron chi connectivity index (χ1n) is 5.50. The van der Waals surface area contributed by atoms with Crippen molar-refractivity contribution in [3.8, 4) is 0 Å². The zero-order valence-corrected chi connectivity index (χ0v) is 9.05. The number of nitrogens with one attached hydrogen (secondary N) is 1. The van der Waals surface area contributed by atoms with Gasteiger partial charge in [0, 0.05) is 38.3 Å². The minimum absolute atomic E-state index is 0.968. The molecule has 0 aromatic carbocycles. The van der Waals surface area contributed by atoms with E-state index in [0.29, 0.717) is 0 Å². The van der Waals surface area contributed by atoms with Gasteiger partial charge in [0.25, 0.3) is 0 Å². The van der Waals surface area contributed by atoms with Crippen LogP contribution in [0.1, 0.15) is 6.42 Å². The number of ether oxygens (including phenoxy) is 1. The molecule has 3 nitrogen and oxygen atoms in total. The summed E-state index contributed by atoms with van der Waals surface area (Å²) in [6, 6.07) is 0. The second-order valence-electron chi connectivity index (χ2n) is 4.23. The minimum Gasteiger partial charge on any atom is -0.501 e. The molecule has 1 aliphatic carbocycles. The number of piperazine rings is 1. The lowest BCUT2D eigenvalue weighted by atomic mass is 9.98. The fraction of sp³-hybridized carbons (Fsp3) is 0.500. The fourth-order valence-electron chi connectivity index (χ4n) is 2.56. The molecule has 1 saturated heterocycles. The highest BCUT2D eigenvalue weighted by molar-refractivity contribution is 5.49. The Labute approximate surface area is 90.1 Å². The highest BCUT2D eigenvalue weighted by atomic mass is 16.5. The van der Waals surface area contributed by atoms with E-state index in [1.807, 2.05) is 0 Å². The van der Waals surface area contributed by atoms with Crippen molar-refractivity contribution in [2.75, 3.05) is 33.3 Å². The third kappa shape index (κ3) is 1.38. The number of hydrogen-bond acceptors (Lipinski definition) is 3. The molecule has 0 aromatic heterocycles. The number of allylic oxidation sites excluding steroid dienone is 3. The van der Waals surface area contributed by atoms with Gasteiger partial charge in [-0.25, -0.2) is 0 Å². The van der Waals surface area contributed by atoms with E-state index in [2.05, 4.69) is 22.4 Å². The van der Waals surface area contributed by atoms with E-state index in [0.717, 1.165) is 38.4 Å². The van der Waals surface area contributed by atoms with Crippen molar-refractivity contribution in [2.24, 2.45) is 0 Å². The second-order valence-corrected chi connectivity index (χ2v) is 4.23. The summed E-state index contributed by atoms with van der Waals surface area (Å²) in [5.74, 6) is 1.08. The van der Waals surface area contributed by atoms with Crippen LogP contribution in [0, 0.1) is 0 Å².